The van der Waals surface area contributed by atoms with E-state index in [-0.39, 0.29) is 22.3 Å². The fraction of sp³-hybridized carbons (Fsp3) is 0.467. The van der Waals surface area contributed by atoms with Crippen molar-refractivity contribution in [1.82, 2.24) is 4.90 Å². The van der Waals surface area contributed by atoms with Gasteiger partial charge in [-0.05, 0) is 44.1 Å². The summed E-state index contributed by atoms with van der Waals surface area (Å²) in [4.78, 5) is 18.4. The maximum Gasteiger partial charge on any atom is 0.280 e. The molecule has 0 aromatic heterocycles. The molecule has 1 atom stereocenters. The second-order valence-electron chi connectivity index (χ2n) is 5.33. The van der Waals surface area contributed by atoms with Gasteiger partial charge in [-0.15, -0.1) is 0 Å². The number of sulfonamides is 1. The van der Waals surface area contributed by atoms with Crippen LogP contribution < -0.4 is 9.88 Å². The Morgan fingerprint density at radius 1 is 1.52 bits per heavy atom. The number of carbonyl (C=O) groups is 1. The Hall–Kier alpha value is -1.77. The molecule has 2 rings (SSSR count). The van der Waals surface area contributed by atoms with Crippen molar-refractivity contribution in [2.45, 2.75) is 30.7 Å². The molecule has 0 bridgehead atoms. The molecular weight excluding hydrogens is 318 g/mol. The molecule has 2 N–H and O–H groups in total. The summed E-state index contributed by atoms with van der Waals surface area (Å²) in [6.07, 6.45) is 3.66. The van der Waals surface area contributed by atoms with Gasteiger partial charge in [-0.3, -0.25) is 9.69 Å². The van der Waals surface area contributed by atoms with Crippen LogP contribution in [0.25, 0.3) is 0 Å². The predicted molar refractivity (Wildman–Crippen MR) is 87.5 cm³/mol. The van der Waals surface area contributed by atoms with Gasteiger partial charge in [0.25, 0.3) is 5.91 Å². The zero-order valence-electron chi connectivity index (χ0n) is 13.2. The molecule has 126 valence electrons. The molecular formula is C15H21N3O4S. The van der Waals surface area contributed by atoms with Crippen molar-refractivity contribution < 1.29 is 17.9 Å². The first-order chi connectivity index (χ1) is 10.9. The van der Waals surface area contributed by atoms with E-state index in [2.05, 4.69) is 16.8 Å². The highest BCUT2D eigenvalue weighted by Crippen LogP contribution is 2.23. The minimum atomic E-state index is -3.90. The molecule has 1 aliphatic heterocycles. The highest BCUT2D eigenvalue weighted by Gasteiger charge is 2.22. The zero-order valence-corrected chi connectivity index (χ0v) is 14.0. The number of benzene rings is 1. The number of hydrogen-bond acceptors (Lipinski definition) is 5. The summed E-state index contributed by atoms with van der Waals surface area (Å²) in [5.41, 5.74) is 0.0799. The topological polar surface area (TPSA) is 102 Å². The van der Waals surface area contributed by atoms with Crippen molar-refractivity contribution in [3.8, 4) is 5.75 Å². The van der Waals surface area contributed by atoms with E-state index in [1.54, 1.807) is 6.21 Å². The molecule has 0 saturated carbocycles. The summed E-state index contributed by atoms with van der Waals surface area (Å²) in [7, 11) is -2.49. The van der Waals surface area contributed by atoms with E-state index >= 15 is 0 Å². The van der Waals surface area contributed by atoms with Gasteiger partial charge in [0, 0.05) is 12.3 Å². The molecule has 1 aromatic rings. The zero-order chi connectivity index (χ0) is 17.0. The summed E-state index contributed by atoms with van der Waals surface area (Å²) in [6, 6.07) is 4.03. The average Bonchev–Trinajstić information content (AvgIpc) is 2.98. The number of carbonyl (C=O) groups excluding carboxylic acids is 1. The first-order valence-corrected chi connectivity index (χ1v) is 8.95. The Balaban J connectivity index is 2.27. The van der Waals surface area contributed by atoms with E-state index in [4.69, 9.17) is 9.88 Å². The lowest BCUT2D eigenvalue weighted by Gasteiger charge is -2.18. The van der Waals surface area contributed by atoms with Gasteiger partial charge in [0.2, 0.25) is 10.0 Å². The normalized spacial score (nSPS) is 19.3. The van der Waals surface area contributed by atoms with Crippen molar-refractivity contribution in [1.29, 1.82) is 0 Å². The highest BCUT2D eigenvalue weighted by molar-refractivity contribution is 7.89. The molecule has 0 aliphatic carbocycles. The van der Waals surface area contributed by atoms with E-state index in [0.29, 0.717) is 0 Å². The number of primary sulfonamides is 1. The number of aliphatic imine (C=N–C) groups is 1. The van der Waals surface area contributed by atoms with Crippen LogP contribution >= 0.6 is 0 Å². The second-order valence-corrected chi connectivity index (χ2v) is 6.89. The molecule has 1 fully saturated rings. The van der Waals surface area contributed by atoms with Crippen LogP contribution in [0.3, 0.4) is 0 Å². The Morgan fingerprint density at radius 3 is 2.87 bits per heavy atom. The Labute approximate surface area is 136 Å². The Bertz CT molecular complexity index is 715. The van der Waals surface area contributed by atoms with E-state index in [1.165, 1.54) is 25.3 Å². The van der Waals surface area contributed by atoms with Crippen molar-refractivity contribution in [3.05, 3.63) is 23.8 Å². The monoisotopic (exact) mass is 339 g/mol. The quantitative estimate of drug-likeness (QED) is 0.808. The third-order valence-corrected chi connectivity index (χ3v) is 4.83. The van der Waals surface area contributed by atoms with Crippen LogP contribution in [0.4, 0.5) is 0 Å². The van der Waals surface area contributed by atoms with Crippen LogP contribution in [0.15, 0.2) is 28.1 Å². The minimum Gasteiger partial charge on any atom is -0.496 e. The average molecular weight is 339 g/mol. The number of methoxy groups -OCH3 is 1. The van der Waals surface area contributed by atoms with Crippen molar-refractivity contribution >= 4 is 22.1 Å². The minimum absolute atomic E-state index is 0.0799. The predicted octanol–water partition coefficient (Wildman–Crippen LogP) is 1.04. The van der Waals surface area contributed by atoms with Crippen molar-refractivity contribution in [2.24, 2.45) is 10.1 Å². The molecule has 1 unspecified atom stereocenters. The first-order valence-electron chi connectivity index (χ1n) is 7.40. The fourth-order valence-corrected chi connectivity index (χ4v) is 3.21. The summed E-state index contributed by atoms with van der Waals surface area (Å²) < 4.78 is 28.0. The lowest BCUT2D eigenvalue weighted by atomic mass is 10.2. The molecule has 1 aliphatic rings. The number of nitrogens with zero attached hydrogens (tertiary/aromatic N) is 2. The maximum absolute atomic E-state index is 12.3. The third-order valence-electron chi connectivity index (χ3n) is 3.91. The number of amides is 1. The molecule has 1 heterocycles. The Kier molecular flexibility index (Phi) is 5.51. The second kappa shape index (κ2) is 7.20. The smallest absolute Gasteiger partial charge is 0.280 e. The third kappa shape index (κ3) is 4.15. The molecule has 0 spiro atoms. The number of rotatable bonds is 5. The highest BCUT2D eigenvalue weighted by atomic mass is 32.2. The fourth-order valence-electron chi connectivity index (χ4n) is 2.67. The van der Waals surface area contributed by atoms with Crippen LogP contribution in [0.5, 0.6) is 5.75 Å². The van der Waals surface area contributed by atoms with Crippen LogP contribution in [0, 0.1) is 0 Å². The standard InChI is InChI=1S/C15H21N3O4S/c1-3-18-8-4-5-11(18)10-17-15(19)13-9-12(23(16,20)21)6-7-14(13)22-2/h6-7,9-11H,3-5,8H2,1-2H3,(H2,16,20,21)/b17-10-. The van der Waals surface area contributed by atoms with Gasteiger partial charge < -0.3 is 4.74 Å². The van der Waals surface area contributed by atoms with Crippen molar-refractivity contribution in [3.63, 3.8) is 0 Å². The van der Waals surface area contributed by atoms with E-state index in [9.17, 15) is 13.2 Å². The largest absolute Gasteiger partial charge is 0.496 e. The van der Waals surface area contributed by atoms with Gasteiger partial charge in [-0.25, -0.2) is 18.5 Å². The number of nitrogens with two attached hydrogens (primary N) is 1. The van der Waals surface area contributed by atoms with Gasteiger partial charge >= 0.3 is 0 Å². The summed E-state index contributed by atoms with van der Waals surface area (Å²) in [5, 5.41) is 5.10. The van der Waals surface area contributed by atoms with Crippen LogP contribution in [0.2, 0.25) is 0 Å². The van der Waals surface area contributed by atoms with Gasteiger partial charge in [0.05, 0.1) is 17.6 Å². The molecule has 1 saturated heterocycles. The van der Waals surface area contributed by atoms with Crippen LogP contribution in [0.1, 0.15) is 30.1 Å². The SMILES string of the molecule is CCN1CCCC1/C=N\C(=O)c1cc(S(N)(=O)=O)ccc1OC. The molecule has 1 amide bonds. The Morgan fingerprint density at radius 2 is 2.26 bits per heavy atom. The summed E-state index contributed by atoms with van der Waals surface area (Å²) >= 11 is 0. The lowest BCUT2D eigenvalue weighted by Crippen LogP contribution is -2.30. The van der Waals surface area contributed by atoms with Gasteiger partial charge in [-0.1, -0.05) is 6.92 Å². The molecule has 8 heteroatoms. The van der Waals surface area contributed by atoms with E-state index in [1.807, 2.05) is 0 Å². The number of hydrogen-bond donors (Lipinski definition) is 1. The molecule has 1 aromatic carbocycles. The number of likely N-dealkylation sites (tertiary alicyclic amines) is 1. The van der Waals surface area contributed by atoms with Crippen molar-refractivity contribution in [2.75, 3.05) is 20.2 Å². The van der Waals surface area contributed by atoms with Gasteiger partial charge in [-0.2, -0.15) is 0 Å². The van der Waals surface area contributed by atoms with Gasteiger partial charge in [0.1, 0.15) is 5.75 Å². The summed E-state index contributed by atoms with van der Waals surface area (Å²) in [5.74, 6) is -0.284. The lowest BCUT2D eigenvalue weighted by molar-refractivity contribution is 0.0999. The van der Waals surface area contributed by atoms with Gasteiger partial charge in [0.15, 0.2) is 0 Å². The van der Waals surface area contributed by atoms with E-state index < -0.39 is 15.9 Å². The van der Waals surface area contributed by atoms with Crippen LogP contribution in [-0.2, 0) is 10.0 Å². The molecule has 23 heavy (non-hydrogen) atoms. The maximum atomic E-state index is 12.3. The molecule has 0 radical (unpaired) electrons. The van der Waals surface area contributed by atoms with Crippen LogP contribution in [-0.4, -0.2) is 51.7 Å². The number of ether oxygens (including phenoxy) is 1. The van der Waals surface area contributed by atoms with E-state index in [0.717, 1.165) is 25.9 Å². The summed E-state index contributed by atoms with van der Waals surface area (Å²) in [6.45, 7) is 3.95. The molecule has 7 nitrogen and oxygen atoms in total. The first kappa shape index (κ1) is 17.6.